The summed E-state index contributed by atoms with van der Waals surface area (Å²) >= 11 is 12.1. The molecule has 1 aliphatic carbocycles. The number of rotatable bonds is 3. The molecule has 0 radical (unpaired) electrons. The van der Waals surface area contributed by atoms with Crippen molar-refractivity contribution in [1.82, 2.24) is 5.32 Å². The third kappa shape index (κ3) is 3.64. The first-order valence-electron chi connectivity index (χ1n) is 7.08. The molecule has 5 heteroatoms. The molecule has 1 fully saturated rings. The van der Waals surface area contributed by atoms with Gasteiger partial charge in [0.1, 0.15) is 5.82 Å². The van der Waals surface area contributed by atoms with E-state index >= 15 is 0 Å². The minimum Gasteiger partial charge on any atom is -0.392 e. The Morgan fingerprint density at radius 3 is 2.70 bits per heavy atom. The largest absolute Gasteiger partial charge is 0.392 e. The molecule has 1 saturated carbocycles. The van der Waals surface area contributed by atoms with E-state index in [1.54, 1.807) is 0 Å². The van der Waals surface area contributed by atoms with Gasteiger partial charge in [0.2, 0.25) is 0 Å². The zero-order valence-corrected chi connectivity index (χ0v) is 13.0. The van der Waals surface area contributed by atoms with E-state index in [9.17, 15) is 9.50 Å². The number of hydrogen-bond donors (Lipinski definition) is 2. The van der Waals surface area contributed by atoms with Crippen molar-refractivity contribution in [3.63, 3.8) is 0 Å². The highest BCUT2D eigenvalue weighted by atomic mass is 35.5. The maximum Gasteiger partial charge on any atom is 0.142 e. The van der Waals surface area contributed by atoms with Crippen LogP contribution < -0.4 is 5.32 Å². The van der Waals surface area contributed by atoms with Crippen LogP contribution in [0.3, 0.4) is 0 Å². The average Bonchev–Trinajstić information content (AvgIpc) is 2.60. The smallest absolute Gasteiger partial charge is 0.142 e. The molecule has 20 heavy (non-hydrogen) atoms. The first kappa shape index (κ1) is 16.0. The van der Waals surface area contributed by atoms with Crippen LogP contribution in [0.4, 0.5) is 4.39 Å². The summed E-state index contributed by atoms with van der Waals surface area (Å²) in [5, 5.41) is 14.0. The molecule has 3 atom stereocenters. The molecule has 0 bridgehead atoms. The van der Waals surface area contributed by atoms with Crippen LogP contribution in [-0.4, -0.2) is 17.3 Å². The number of aliphatic hydroxyl groups excluding tert-OH is 1. The molecule has 2 nitrogen and oxygen atoms in total. The Morgan fingerprint density at radius 2 is 1.95 bits per heavy atom. The molecule has 2 rings (SSSR count). The molecule has 112 valence electrons. The summed E-state index contributed by atoms with van der Waals surface area (Å²) in [4.78, 5) is 0. The van der Waals surface area contributed by atoms with Crippen molar-refractivity contribution in [3.05, 3.63) is 33.6 Å². The Bertz CT molecular complexity index is 469. The van der Waals surface area contributed by atoms with Crippen LogP contribution in [0.25, 0.3) is 0 Å². The van der Waals surface area contributed by atoms with E-state index in [0.29, 0.717) is 10.6 Å². The molecule has 3 unspecified atom stereocenters. The van der Waals surface area contributed by atoms with E-state index in [4.69, 9.17) is 23.2 Å². The predicted octanol–water partition coefficient (Wildman–Crippen LogP) is 4.48. The molecule has 1 aromatic carbocycles. The van der Waals surface area contributed by atoms with Crippen molar-refractivity contribution in [3.8, 4) is 0 Å². The van der Waals surface area contributed by atoms with Gasteiger partial charge in [-0.05, 0) is 31.9 Å². The van der Waals surface area contributed by atoms with Gasteiger partial charge in [0.25, 0.3) is 0 Å². The number of hydrogen-bond acceptors (Lipinski definition) is 2. The molecule has 0 saturated heterocycles. The lowest BCUT2D eigenvalue weighted by Crippen LogP contribution is -2.40. The Kier molecular flexibility index (Phi) is 5.67. The predicted molar refractivity (Wildman–Crippen MR) is 80.9 cm³/mol. The SMILES string of the molecule is CC(NC1CCCCCC1O)c1c(Cl)ccc(F)c1Cl. The van der Waals surface area contributed by atoms with Gasteiger partial charge in [-0.3, -0.25) is 0 Å². The average molecular weight is 320 g/mol. The number of benzene rings is 1. The summed E-state index contributed by atoms with van der Waals surface area (Å²) in [6, 6.07) is 2.58. The molecule has 0 spiro atoms. The standard InChI is InChI=1S/C15H20Cl2FNO/c1-9(14-10(16)7-8-11(18)15(14)17)19-12-5-3-2-4-6-13(12)20/h7-9,12-13,19-20H,2-6H2,1H3. The van der Waals surface area contributed by atoms with E-state index in [2.05, 4.69) is 5.32 Å². The molecule has 0 heterocycles. The number of nitrogens with one attached hydrogen (secondary N) is 1. The van der Waals surface area contributed by atoms with E-state index in [-0.39, 0.29) is 23.2 Å². The van der Waals surface area contributed by atoms with E-state index < -0.39 is 5.82 Å². The molecule has 1 aliphatic rings. The van der Waals surface area contributed by atoms with Crippen molar-refractivity contribution in [2.24, 2.45) is 0 Å². The van der Waals surface area contributed by atoms with Crippen molar-refractivity contribution in [2.45, 2.75) is 57.2 Å². The zero-order chi connectivity index (χ0) is 14.7. The second kappa shape index (κ2) is 7.08. The Hall–Kier alpha value is -0.350. The van der Waals surface area contributed by atoms with Gasteiger partial charge in [0.15, 0.2) is 0 Å². The van der Waals surface area contributed by atoms with Gasteiger partial charge in [-0.25, -0.2) is 4.39 Å². The highest BCUT2D eigenvalue weighted by Gasteiger charge is 2.25. The van der Waals surface area contributed by atoms with Crippen LogP contribution in [0.15, 0.2) is 12.1 Å². The third-order valence-electron chi connectivity index (χ3n) is 3.96. The summed E-state index contributed by atoms with van der Waals surface area (Å²) in [5.41, 5.74) is 0.560. The van der Waals surface area contributed by atoms with Crippen LogP contribution in [-0.2, 0) is 0 Å². The maximum absolute atomic E-state index is 13.6. The van der Waals surface area contributed by atoms with E-state index in [0.717, 1.165) is 32.1 Å². The summed E-state index contributed by atoms with van der Waals surface area (Å²) in [6.45, 7) is 1.89. The van der Waals surface area contributed by atoms with Gasteiger partial charge in [-0.2, -0.15) is 0 Å². The van der Waals surface area contributed by atoms with Crippen LogP contribution in [0.2, 0.25) is 10.0 Å². The number of halogens is 3. The van der Waals surface area contributed by atoms with Crippen molar-refractivity contribution in [1.29, 1.82) is 0 Å². The highest BCUT2D eigenvalue weighted by Crippen LogP contribution is 2.33. The van der Waals surface area contributed by atoms with E-state index in [1.165, 1.54) is 12.1 Å². The van der Waals surface area contributed by atoms with Crippen LogP contribution in [0.1, 0.15) is 50.6 Å². The fourth-order valence-electron chi connectivity index (χ4n) is 2.83. The molecular weight excluding hydrogens is 300 g/mol. The van der Waals surface area contributed by atoms with Crippen LogP contribution in [0.5, 0.6) is 0 Å². The summed E-state index contributed by atoms with van der Waals surface area (Å²) in [7, 11) is 0. The fraction of sp³-hybridized carbons (Fsp3) is 0.600. The fourth-order valence-corrected chi connectivity index (χ4v) is 3.52. The first-order valence-corrected chi connectivity index (χ1v) is 7.83. The normalized spacial score (nSPS) is 25.2. The Morgan fingerprint density at radius 1 is 1.25 bits per heavy atom. The lowest BCUT2D eigenvalue weighted by Gasteiger charge is -2.27. The van der Waals surface area contributed by atoms with Gasteiger partial charge in [0, 0.05) is 22.7 Å². The summed E-state index contributed by atoms with van der Waals surface area (Å²) < 4.78 is 13.6. The van der Waals surface area contributed by atoms with Gasteiger partial charge in [-0.15, -0.1) is 0 Å². The van der Waals surface area contributed by atoms with Crippen LogP contribution >= 0.6 is 23.2 Å². The summed E-state index contributed by atoms with van der Waals surface area (Å²) in [6.07, 6.45) is 4.63. The third-order valence-corrected chi connectivity index (χ3v) is 4.67. The second-order valence-electron chi connectivity index (χ2n) is 5.46. The van der Waals surface area contributed by atoms with Crippen molar-refractivity contribution < 1.29 is 9.50 Å². The Labute approximate surface area is 129 Å². The second-order valence-corrected chi connectivity index (χ2v) is 6.24. The molecule has 0 aliphatic heterocycles. The molecule has 2 N–H and O–H groups in total. The van der Waals surface area contributed by atoms with E-state index in [1.807, 2.05) is 6.92 Å². The van der Waals surface area contributed by atoms with Crippen molar-refractivity contribution in [2.75, 3.05) is 0 Å². The monoisotopic (exact) mass is 319 g/mol. The molecule has 1 aromatic rings. The van der Waals surface area contributed by atoms with Gasteiger partial charge < -0.3 is 10.4 Å². The highest BCUT2D eigenvalue weighted by molar-refractivity contribution is 6.36. The minimum atomic E-state index is -0.471. The number of aliphatic hydroxyl groups is 1. The van der Waals surface area contributed by atoms with Gasteiger partial charge >= 0.3 is 0 Å². The maximum atomic E-state index is 13.6. The lowest BCUT2D eigenvalue weighted by atomic mass is 10.0. The molecule has 0 aromatic heterocycles. The quantitative estimate of drug-likeness (QED) is 0.636. The van der Waals surface area contributed by atoms with Crippen molar-refractivity contribution >= 4 is 23.2 Å². The Balaban J connectivity index is 2.15. The first-order chi connectivity index (χ1) is 9.50. The molecule has 0 amide bonds. The van der Waals surface area contributed by atoms with Gasteiger partial charge in [-0.1, -0.05) is 42.5 Å². The molecular formula is C15H20Cl2FNO. The zero-order valence-electron chi connectivity index (χ0n) is 11.5. The lowest BCUT2D eigenvalue weighted by molar-refractivity contribution is 0.115. The topological polar surface area (TPSA) is 32.3 Å². The minimum absolute atomic E-state index is 0.00269. The van der Waals surface area contributed by atoms with Gasteiger partial charge in [0.05, 0.1) is 11.1 Å². The van der Waals surface area contributed by atoms with Crippen LogP contribution in [0, 0.1) is 5.82 Å². The summed E-state index contributed by atoms with van der Waals surface area (Å²) in [5.74, 6) is -0.471.